The highest BCUT2D eigenvalue weighted by Crippen LogP contribution is 2.19. The first-order valence-electron chi connectivity index (χ1n) is 9.76. The Morgan fingerprint density at radius 1 is 0.966 bits per heavy atom. The molecule has 1 amide bonds. The van der Waals surface area contributed by atoms with Gasteiger partial charge in [0.1, 0.15) is 23.8 Å². The summed E-state index contributed by atoms with van der Waals surface area (Å²) in [7, 11) is 0. The minimum atomic E-state index is 0.173. The van der Waals surface area contributed by atoms with Gasteiger partial charge in [0.2, 0.25) is 5.91 Å². The van der Waals surface area contributed by atoms with E-state index in [1.807, 2.05) is 60.4 Å². The lowest BCUT2D eigenvalue weighted by atomic mass is 10.1. The number of rotatable bonds is 5. The number of carbonyl (C=O) groups is 1. The minimum Gasteiger partial charge on any atom is -0.353 e. The fourth-order valence-corrected chi connectivity index (χ4v) is 3.39. The van der Waals surface area contributed by atoms with Crippen LogP contribution in [0.15, 0.2) is 61.1 Å². The first kappa shape index (κ1) is 18.9. The van der Waals surface area contributed by atoms with E-state index in [4.69, 9.17) is 0 Å². The standard InChI is InChI=1S/C22H24N6O/c1-17-7-8-23-19(13-17)26-20-15-21(25-16-24-20)27-9-11-28(12-10-27)22(29)14-18-5-3-2-4-6-18/h2-8,13,15-16H,9-12,14H2,1H3,(H,23,24,25,26). The Bertz CT molecular complexity index is 970. The second-order valence-electron chi connectivity index (χ2n) is 7.14. The van der Waals surface area contributed by atoms with Crippen molar-refractivity contribution in [3.05, 3.63) is 72.2 Å². The molecule has 4 rings (SSSR count). The van der Waals surface area contributed by atoms with E-state index in [2.05, 4.69) is 25.2 Å². The van der Waals surface area contributed by atoms with Crippen LogP contribution in [0.1, 0.15) is 11.1 Å². The van der Waals surface area contributed by atoms with Crippen LogP contribution in [0.25, 0.3) is 0 Å². The molecule has 0 bridgehead atoms. The molecule has 148 valence electrons. The molecule has 1 aliphatic rings. The van der Waals surface area contributed by atoms with E-state index in [0.29, 0.717) is 25.3 Å². The fourth-order valence-electron chi connectivity index (χ4n) is 3.39. The van der Waals surface area contributed by atoms with E-state index in [1.165, 1.54) is 0 Å². The third-order valence-corrected chi connectivity index (χ3v) is 4.98. The van der Waals surface area contributed by atoms with Gasteiger partial charge < -0.3 is 15.1 Å². The number of hydrogen-bond donors (Lipinski definition) is 1. The van der Waals surface area contributed by atoms with Crippen LogP contribution in [0.3, 0.4) is 0 Å². The molecule has 3 aromatic rings. The van der Waals surface area contributed by atoms with Crippen molar-refractivity contribution in [2.45, 2.75) is 13.3 Å². The number of pyridine rings is 1. The van der Waals surface area contributed by atoms with E-state index >= 15 is 0 Å². The summed E-state index contributed by atoms with van der Waals surface area (Å²) in [4.78, 5) is 29.7. The van der Waals surface area contributed by atoms with Crippen molar-refractivity contribution in [3.63, 3.8) is 0 Å². The molecule has 7 nitrogen and oxygen atoms in total. The zero-order valence-corrected chi connectivity index (χ0v) is 16.5. The average molecular weight is 388 g/mol. The number of amides is 1. The monoisotopic (exact) mass is 388 g/mol. The van der Waals surface area contributed by atoms with Gasteiger partial charge in [0.05, 0.1) is 6.42 Å². The zero-order valence-electron chi connectivity index (χ0n) is 16.5. The van der Waals surface area contributed by atoms with Crippen LogP contribution in [0.2, 0.25) is 0 Å². The molecule has 0 unspecified atom stereocenters. The average Bonchev–Trinajstić information content (AvgIpc) is 2.75. The van der Waals surface area contributed by atoms with Gasteiger partial charge in [-0.15, -0.1) is 0 Å². The number of nitrogens with one attached hydrogen (secondary N) is 1. The maximum Gasteiger partial charge on any atom is 0.227 e. The summed E-state index contributed by atoms with van der Waals surface area (Å²) in [6, 6.07) is 15.7. The molecule has 1 saturated heterocycles. The Morgan fingerprint density at radius 3 is 2.48 bits per heavy atom. The Morgan fingerprint density at radius 2 is 1.72 bits per heavy atom. The van der Waals surface area contributed by atoms with Crippen molar-refractivity contribution < 1.29 is 4.79 Å². The molecule has 7 heteroatoms. The third-order valence-electron chi connectivity index (χ3n) is 4.98. The fraction of sp³-hybridized carbons (Fsp3) is 0.273. The van der Waals surface area contributed by atoms with Crippen LogP contribution in [-0.2, 0) is 11.2 Å². The highest BCUT2D eigenvalue weighted by molar-refractivity contribution is 5.79. The Kier molecular flexibility index (Phi) is 5.65. The smallest absolute Gasteiger partial charge is 0.227 e. The van der Waals surface area contributed by atoms with E-state index in [-0.39, 0.29) is 5.91 Å². The number of aromatic nitrogens is 3. The number of nitrogens with zero attached hydrogens (tertiary/aromatic N) is 5. The number of anilines is 3. The van der Waals surface area contributed by atoms with Crippen molar-refractivity contribution in [1.82, 2.24) is 19.9 Å². The van der Waals surface area contributed by atoms with E-state index in [9.17, 15) is 4.79 Å². The Balaban J connectivity index is 1.35. The zero-order chi connectivity index (χ0) is 20.1. The van der Waals surface area contributed by atoms with Gasteiger partial charge in [-0.25, -0.2) is 15.0 Å². The third kappa shape index (κ3) is 4.87. The van der Waals surface area contributed by atoms with Crippen LogP contribution in [0.4, 0.5) is 17.5 Å². The van der Waals surface area contributed by atoms with Crippen LogP contribution in [-0.4, -0.2) is 51.9 Å². The maximum absolute atomic E-state index is 12.6. The van der Waals surface area contributed by atoms with Gasteiger partial charge in [-0.1, -0.05) is 30.3 Å². The lowest BCUT2D eigenvalue weighted by Crippen LogP contribution is -2.49. The van der Waals surface area contributed by atoms with Crippen molar-refractivity contribution >= 4 is 23.4 Å². The summed E-state index contributed by atoms with van der Waals surface area (Å²) in [5, 5.41) is 3.23. The summed E-state index contributed by atoms with van der Waals surface area (Å²) in [5.74, 6) is 2.48. The van der Waals surface area contributed by atoms with Gasteiger partial charge in [0, 0.05) is 38.4 Å². The van der Waals surface area contributed by atoms with Gasteiger partial charge >= 0.3 is 0 Å². The molecule has 1 N–H and O–H groups in total. The topological polar surface area (TPSA) is 74.2 Å². The van der Waals surface area contributed by atoms with E-state index < -0.39 is 0 Å². The summed E-state index contributed by atoms with van der Waals surface area (Å²) in [5.41, 5.74) is 2.18. The molecule has 2 aromatic heterocycles. The largest absolute Gasteiger partial charge is 0.353 e. The van der Waals surface area contributed by atoms with Gasteiger partial charge in [0.15, 0.2) is 0 Å². The molecule has 0 atom stereocenters. The predicted molar refractivity (Wildman–Crippen MR) is 113 cm³/mol. The van der Waals surface area contributed by atoms with Gasteiger partial charge in [0.25, 0.3) is 0 Å². The molecule has 0 radical (unpaired) electrons. The maximum atomic E-state index is 12.6. The van der Waals surface area contributed by atoms with Crippen LogP contribution < -0.4 is 10.2 Å². The van der Waals surface area contributed by atoms with E-state index in [1.54, 1.807) is 12.5 Å². The summed E-state index contributed by atoms with van der Waals surface area (Å²) in [6.07, 6.45) is 3.78. The van der Waals surface area contributed by atoms with Crippen LogP contribution >= 0.6 is 0 Å². The number of aryl methyl sites for hydroxylation is 1. The number of carbonyl (C=O) groups excluding carboxylic acids is 1. The van der Waals surface area contributed by atoms with Crippen molar-refractivity contribution in [2.24, 2.45) is 0 Å². The lowest BCUT2D eigenvalue weighted by Gasteiger charge is -2.35. The molecule has 1 fully saturated rings. The molecular formula is C22H24N6O. The van der Waals surface area contributed by atoms with Gasteiger partial charge in [-0.05, 0) is 30.2 Å². The number of hydrogen-bond acceptors (Lipinski definition) is 6. The molecular weight excluding hydrogens is 364 g/mol. The van der Waals surface area contributed by atoms with Gasteiger partial charge in [-0.3, -0.25) is 4.79 Å². The number of piperazine rings is 1. The van der Waals surface area contributed by atoms with Crippen molar-refractivity contribution in [3.8, 4) is 0 Å². The van der Waals surface area contributed by atoms with E-state index in [0.717, 1.165) is 35.9 Å². The lowest BCUT2D eigenvalue weighted by molar-refractivity contribution is -0.130. The van der Waals surface area contributed by atoms with Crippen molar-refractivity contribution in [2.75, 3.05) is 36.4 Å². The summed E-state index contributed by atoms with van der Waals surface area (Å²) in [6.45, 7) is 4.91. The molecule has 0 saturated carbocycles. The molecule has 0 aliphatic carbocycles. The molecule has 29 heavy (non-hydrogen) atoms. The minimum absolute atomic E-state index is 0.173. The molecule has 1 aromatic carbocycles. The molecule has 0 spiro atoms. The van der Waals surface area contributed by atoms with Crippen molar-refractivity contribution in [1.29, 1.82) is 0 Å². The molecule has 1 aliphatic heterocycles. The van der Waals surface area contributed by atoms with Gasteiger partial charge in [-0.2, -0.15) is 0 Å². The highest BCUT2D eigenvalue weighted by atomic mass is 16.2. The Hall–Kier alpha value is -3.48. The van der Waals surface area contributed by atoms with Crippen LogP contribution in [0.5, 0.6) is 0 Å². The predicted octanol–water partition coefficient (Wildman–Crippen LogP) is 2.81. The quantitative estimate of drug-likeness (QED) is 0.725. The second-order valence-corrected chi connectivity index (χ2v) is 7.14. The molecule has 3 heterocycles. The summed E-state index contributed by atoms with van der Waals surface area (Å²) < 4.78 is 0. The normalized spacial score (nSPS) is 14.0. The second kappa shape index (κ2) is 8.68. The number of benzene rings is 1. The summed E-state index contributed by atoms with van der Waals surface area (Å²) >= 11 is 0. The Labute approximate surface area is 170 Å². The van der Waals surface area contributed by atoms with Crippen LogP contribution in [0, 0.1) is 6.92 Å². The SMILES string of the molecule is Cc1ccnc(Nc2cc(N3CCN(C(=O)Cc4ccccc4)CC3)ncn2)c1. The first-order valence-corrected chi connectivity index (χ1v) is 9.76. The highest BCUT2D eigenvalue weighted by Gasteiger charge is 2.22. The first-order chi connectivity index (χ1) is 14.2.